The van der Waals surface area contributed by atoms with Crippen molar-refractivity contribution in [3.05, 3.63) is 101 Å². The number of rotatable bonds is 6. The van der Waals surface area contributed by atoms with Crippen LogP contribution in [0.4, 0.5) is 10.5 Å². The van der Waals surface area contributed by atoms with E-state index >= 15 is 0 Å². The molecule has 1 aliphatic rings. The number of imide groups is 1. The van der Waals surface area contributed by atoms with Gasteiger partial charge in [-0.1, -0.05) is 72.4 Å². The van der Waals surface area contributed by atoms with Gasteiger partial charge in [0, 0.05) is 11.3 Å². The number of hydrogen-bond donors (Lipinski definition) is 1. The maximum absolute atomic E-state index is 12.9. The highest BCUT2D eigenvalue weighted by molar-refractivity contribution is 8.14. The lowest BCUT2D eigenvalue weighted by molar-refractivity contribution is -0.125. The largest absolute Gasteiger partial charge is 0.322 e. The summed E-state index contributed by atoms with van der Waals surface area (Å²) >= 11 is 1.01. The lowest BCUT2D eigenvalue weighted by Gasteiger charge is -2.14. The van der Waals surface area contributed by atoms with Crippen molar-refractivity contribution >= 4 is 34.5 Å². The second-order valence-corrected chi connectivity index (χ2v) is 7.94. The average molecular weight is 417 g/mol. The topological polar surface area (TPSA) is 66.5 Å². The molecule has 1 saturated heterocycles. The molecular formula is C24H20N2O3S. The van der Waals surface area contributed by atoms with Crippen molar-refractivity contribution in [2.75, 3.05) is 11.1 Å². The van der Waals surface area contributed by atoms with Gasteiger partial charge in [-0.05, 0) is 41.3 Å². The van der Waals surface area contributed by atoms with Crippen molar-refractivity contribution in [1.29, 1.82) is 0 Å². The quantitative estimate of drug-likeness (QED) is 0.631. The van der Waals surface area contributed by atoms with Crippen molar-refractivity contribution < 1.29 is 14.4 Å². The predicted molar refractivity (Wildman–Crippen MR) is 118 cm³/mol. The Balaban J connectivity index is 1.50. The highest BCUT2D eigenvalue weighted by Crippen LogP contribution is 2.23. The van der Waals surface area contributed by atoms with E-state index in [1.165, 1.54) is 10.5 Å². The summed E-state index contributed by atoms with van der Waals surface area (Å²) in [6, 6.07) is 24.8. The molecule has 5 nitrogen and oxygen atoms in total. The smallest absolute Gasteiger partial charge is 0.289 e. The van der Waals surface area contributed by atoms with Crippen LogP contribution in [-0.2, 0) is 17.8 Å². The van der Waals surface area contributed by atoms with Crippen LogP contribution in [0.15, 0.2) is 78.9 Å². The fourth-order valence-electron chi connectivity index (χ4n) is 3.33. The Morgan fingerprint density at radius 1 is 0.900 bits per heavy atom. The van der Waals surface area contributed by atoms with E-state index in [0.717, 1.165) is 28.6 Å². The van der Waals surface area contributed by atoms with E-state index in [1.807, 2.05) is 48.5 Å². The molecule has 3 aromatic carbocycles. The first-order valence-corrected chi connectivity index (χ1v) is 10.6. The van der Waals surface area contributed by atoms with Gasteiger partial charge in [0.1, 0.15) is 0 Å². The highest BCUT2D eigenvalue weighted by Gasteiger charge is 2.29. The first-order chi connectivity index (χ1) is 14.6. The molecule has 150 valence electrons. The molecule has 0 atom stereocenters. The SMILES string of the molecule is O=C(Nc1ccccc1Cc1ccccc1)c1cccc(CN2C(=O)CSC2=O)c1. The van der Waals surface area contributed by atoms with Gasteiger partial charge in [-0.15, -0.1) is 0 Å². The number of nitrogens with one attached hydrogen (secondary N) is 1. The van der Waals surface area contributed by atoms with Crippen LogP contribution in [0.5, 0.6) is 0 Å². The fraction of sp³-hybridized carbons (Fsp3) is 0.125. The zero-order valence-corrected chi connectivity index (χ0v) is 17.0. The Morgan fingerprint density at radius 2 is 1.63 bits per heavy atom. The van der Waals surface area contributed by atoms with E-state index in [1.54, 1.807) is 18.2 Å². The lowest BCUT2D eigenvalue weighted by Crippen LogP contribution is -2.28. The average Bonchev–Trinajstić information content (AvgIpc) is 3.08. The predicted octanol–water partition coefficient (Wildman–Crippen LogP) is 4.73. The van der Waals surface area contributed by atoms with Gasteiger partial charge >= 0.3 is 0 Å². The van der Waals surface area contributed by atoms with Crippen molar-refractivity contribution in [3.8, 4) is 0 Å². The molecule has 0 unspecified atom stereocenters. The number of carbonyl (C=O) groups excluding carboxylic acids is 3. The van der Waals surface area contributed by atoms with Crippen LogP contribution >= 0.6 is 11.8 Å². The molecule has 0 saturated carbocycles. The van der Waals surface area contributed by atoms with Crippen LogP contribution < -0.4 is 5.32 Å². The van der Waals surface area contributed by atoms with E-state index in [0.29, 0.717) is 12.0 Å². The van der Waals surface area contributed by atoms with Crippen LogP contribution in [-0.4, -0.2) is 27.7 Å². The first-order valence-electron chi connectivity index (χ1n) is 9.59. The van der Waals surface area contributed by atoms with Gasteiger partial charge in [0.2, 0.25) is 5.91 Å². The second kappa shape index (κ2) is 8.97. The van der Waals surface area contributed by atoms with Crippen molar-refractivity contribution in [2.45, 2.75) is 13.0 Å². The summed E-state index contributed by atoms with van der Waals surface area (Å²) in [5.41, 5.74) is 4.17. The first kappa shape index (κ1) is 19.9. The summed E-state index contributed by atoms with van der Waals surface area (Å²) in [6.45, 7) is 0.177. The van der Waals surface area contributed by atoms with Crippen molar-refractivity contribution in [3.63, 3.8) is 0 Å². The number of benzene rings is 3. The third-order valence-electron chi connectivity index (χ3n) is 4.87. The molecule has 3 aromatic rings. The van der Waals surface area contributed by atoms with E-state index in [9.17, 15) is 14.4 Å². The zero-order valence-electron chi connectivity index (χ0n) is 16.2. The molecular weight excluding hydrogens is 396 g/mol. The number of amides is 3. The third kappa shape index (κ3) is 4.60. The van der Waals surface area contributed by atoms with Crippen LogP contribution in [0.1, 0.15) is 27.0 Å². The summed E-state index contributed by atoms with van der Waals surface area (Å²) < 4.78 is 0. The van der Waals surface area contributed by atoms with Crippen LogP contribution in [0, 0.1) is 0 Å². The minimum Gasteiger partial charge on any atom is -0.322 e. The Hall–Kier alpha value is -3.38. The molecule has 3 amide bonds. The molecule has 1 heterocycles. The van der Waals surface area contributed by atoms with Crippen molar-refractivity contribution in [2.24, 2.45) is 0 Å². The molecule has 1 aliphatic heterocycles. The number of anilines is 1. The molecule has 1 N–H and O–H groups in total. The zero-order chi connectivity index (χ0) is 20.9. The standard InChI is InChI=1S/C24H20N2O3S/c27-22-16-30-24(29)26(22)15-18-9-6-11-20(14-18)23(28)25-21-12-5-4-10-19(21)13-17-7-2-1-3-8-17/h1-12,14H,13,15-16H2,(H,25,28). The highest BCUT2D eigenvalue weighted by atomic mass is 32.2. The summed E-state index contributed by atoms with van der Waals surface area (Å²) in [7, 11) is 0. The van der Waals surface area contributed by atoms with Crippen LogP contribution in [0.25, 0.3) is 0 Å². The molecule has 1 fully saturated rings. The molecule has 0 radical (unpaired) electrons. The maximum atomic E-state index is 12.9. The van der Waals surface area contributed by atoms with Gasteiger partial charge in [0.15, 0.2) is 0 Å². The van der Waals surface area contributed by atoms with Gasteiger partial charge in [-0.3, -0.25) is 19.3 Å². The summed E-state index contributed by atoms with van der Waals surface area (Å²) in [4.78, 5) is 37.8. The van der Waals surface area contributed by atoms with Crippen molar-refractivity contribution in [1.82, 2.24) is 4.90 Å². The molecule has 4 rings (SSSR count). The Kier molecular flexibility index (Phi) is 5.95. The van der Waals surface area contributed by atoms with Gasteiger partial charge in [0.05, 0.1) is 12.3 Å². The number of hydrogen-bond acceptors (Lipinski definition) is 4. The van der Waals surface area contributed by atoms with E-state index in [-0.39, 0.29) is 29.4 Å². The molecule has 0 bridgehead atoms. The summed E-state index contributed by atoms with van der Waals surface area (Å²) in [5, 5.41) is 2.75. The molecule has 6 heteroatoms. The number of carbonyl (C=O) groups is 3. The summed E-state index contributed by atoms with van der Waals surface area (Å²) in [5.74, 6) is -0.252. The number of nitrogens with zero attached hydrogens (tertiary/aromatic N) is 1. The monoisotopic (exact) mass is 416 g/mol. The van der Waals surface area contributed by atoms with Gasteiger partial charge in [0.25, 0.3) is 11.1 Å². The Morgan fingerprint density at radius 3 is 2.40 bits per heavy atom. The maximum Gasteiger partial charge on any atom is 0.289 e. The molecule has 0 aromatic heterocycles. The van der Waals surface area contributed by atoms with E-state index in [4.69, 9.17) is 0 Å². The number of thioether (sulfide) groups is 1. The van der Waals surface area contributed by atoms with Crippen LogP contribution in [0.2, 0.25) is 0 Å². The van der Waals surface area contributed by atoms with Gasteiger partial charge in [-0.2, -0.15) is 0 Å². The Labute approximate surface area is 179 Å². The van der Waals surface area contributed by atoms with Crippen LogP contribution in [0.3, 0.4) is 0 Å². The minimum atomic E-state index is -0.246. The normalized spacial score (nSPS) is 13.5. The summed E-state index contributed by atoms with van der Waals surface area (Å²) in [6.07, 6.45) is 0.716. The molecule has 0 spiro atoms. The molecule has 0 aliphatic carbocycles. The Bertz CT molecular complexity index is 1080. The third-order valence-corrected chi connectivity index (χ3v) is 5.73. The van der Waals surface area contributed by atoms with Gasteiger partial charge in [-0.25, -0.2) is 0 Å². The number of para-hydroxylation sites is 1. The molecule has 30 heavy (non-hydrogen) atoms. The van der Waals surface area contributed by atoms with E-state index in [2.05, 4.69) is 17.4 Å². The van der Waals surface area contributed by atoms with Gasteiger partial charge < -0.3 is 5.32 Å². The van der Waals surface area contributed by atoms with E-state index < -0.39 is 0 Å². The lowest BCUT2D eigenvalue weighted by atomic mass is 10.0. The fourth-order valence-corrected chi connectivity index (χ4v) is 4.06. The minimum absolute atomic E-state index is 0.177. The second-order valence-electron chi connectivity index (χ2n) is 7.01.